The van der Waals surface area contributed by atoms with E-state index < -0.39 is 17.3 Å². The van der Waals surface area contributed by atoms with Crippen LogP contribution in [0.5, 0.6) is 11.5 Å². The predicted molar refractivity (Wildman–Crippen MR) is 42.5 cm³/mol. The minimum absolute atomic E-state index is 0.346. The Hall–Kier alpha value is -1.29. The van der Waals surface area contributed by atoms with Gasteiger partial charge in [0.1, 0.15) is 0 Å². The van der Waals surface area contributed by atoms with Crippen molar-refractivity contribution < 1.29 is 14.6 Å². The Balaban J connectivity index is 3.08. The maximum absolute atomic E-state index is 12.6. The van der Waals surface area contributed by atoms with Crippen molar-refractivity contribution in [3.8, 4) is 11.5 Å². The lowest BCUT2D eigenvalue weighted by atomic mass is 10.1. The first kappa shape index (κ1) is 8.80. The molecule has 0 fully saturated rings. The molecule has 1 aromatic rings. The molecule has 1 rings (SSSR count). The molecule has 4 heteroatoms. The van der Waals surface area contributed by atoms with Gasteiger partial charge in [-0.2, -0.15) is 0 Å². The minimum atomic E-state index is -0.826. The summed E-state index contributed by atoms with van der Waals surface area (Å²) in [6.45, 7) is 0.346. The van der Waals surface area contributed by atoms with Crippen LogP contribution < -0.4 is 5.73 Å². The van der Waals surface area contributed by atoms with Crippen molar-refractivity contribution in [3.63, 3.8) is 0 Å². The lowest BCUT2D eigenvalue weighted by Crippen LogP contribution is -2.02. The van der Waals surface area contributed by atoms with Gasteiger partial charge in [-0.3, -0.25) is 0 Å². The zero-order valence-corrected chi connectivity index (χ0v) is 6.42. The van der Waals surface area contributed by atoms with Crippen molar-refractivity contribution in [1.82, 2.24) is 0 Å². The van der Waals surface area contributed by atoms with Crippen LogP contribution in [0, 0.1) is 5.82 Å². The molecule has 0 saturated carbocycles. The molecule has 0 amide bonds. The summed E-state index contributed by atoms with van der Waals surface area (Å²) in [5, 5.41) is 18.1. The maximum atomic E-state index is 12.6. The summed E-state index contributed by atoms with van der Waals surface area (Å²) in [7, 11) is 0. The Morgan fingerprint density at radius 1 is 1.25 bits per heavy atom. The molecule has 0 aromatic heterocycles. The number of halogens is 1. The van der Waals surface area contributed by atoms with Crippen LogP contribution >= 0.6 is 0 Å². The zero-order chi connectivity index (χ0) is 9.14. The predicted octanol–water partition coefficient (Wildman–Crippen LogP) is 0.738. The average molecular weight is 171 g/mol. The van der Waals surface area contributed by atoms with E-state index in [4.69, 9.17) is 15.9 Å². The third-order valence-corrected chi connectivity index (χ3v) is 1.60. The normalized spacial score (nSPS) is 10.2. The molecule has 0 atom stereocenters. The molecule has 12 heavy (non-hydrogen) atoms. The van der Waals surface area contributed by atoms with Crippen LogP contribution in [-0.4, -0.2) is 16.8 Å². The molecule has 0 bridgehead atoms. The van der Waals surface area contributed by atoms with Gasteiger partial charge in [-0.25, -0.2) is 4.39 Å². The number of phenolic OH excluding ortho intramolecular Hbond substituents is 2. The van der Waals surface area contributed by atoms with Gasteiger partial charge in [-0.15, -0.1) is 0 Å². The summed E-state index contributed by atoms with van der Waals surface area (Å²) in [5.41, 5.74) is 5.69. The number of phenols is 2. The molecule has 0 aliphatic carbocycles. The Morgan fingerprint density at radius 2 is 1.92 bits per heavy atom. The van der Waals surface area contributed by atoms with E-state index in [-0.39, 0.29) is 0 Å². The smallest absolute Gasteiger partial charge is 0.194 e. The monoisotopic (exact) mass is 171 g/mol. The van der Waals surface area contributed by atoms with Crippen molar-refractivity contribution in [2.75, 3.05) is 6.54 Å². The van der Waals surface area contributed by atoms with Crippen LogP contribution in [0.25, 0.3) is 0 Å². The van der Waals surface area contributed by atoms with E-state index >= 15 is 0 Å². The molecule has 4 N–H and O–H groups in total. The van der Waals surface area contributed by atoms with Gasteiger partial charge in [0.15, 0.2) is 17.3 Å². The van der Waals surface area contributed by atoms with Crippen molar-refractivity contribution in [2.45, 2.75) is 6.42 Å². The quantitative estimate of drug-likeness (QED) is 0.575. The largest absolute Gasteiger partial charge is 0.504 e. The van der Waals surface area contributed by atoms with Gasteiger partial charge in [0.2, 0.25) is 0 Å². The van der Waals surface area contributed by atoms with E-state index in [9.17, 15) is 4.39 Å². The number of rotatable bonds is 2. The lowest BCUT2D eigenvalue weighted by molar-refractivity contribution is 0.375. The second-order valence-corrected chi connectivity index (χ2v) is 2.44. The molecular formula is C8H10FNO2. The minimum Gasteiger partial charge on any atom is -0.504 e. The van der Waals surface area contributed by atoms with Crippen LogP contribution in [0.15, 0.2) is 12.1 Å². The molecule has 0 radical (unpaired) electrons. The van der Waals surface area contributed by atoms with Crippen molar-refractivity contribution in [3.05, 3.63) is 23.5 Å². The Morgan fingerprint density at radius 3 is 2.50 bits per heavy atom. The fourth-order valence-electron chi connectivity index (χ4n) is 0.954. The number of benzene rings is 1. The summed E-state index contributed by atoms with van der Waals surface area (Å²) in [5.74, 6) is -1.95. The van der Waals surface area contributed by atoms with Gasteiger partial charge in [0.25, 0.3) is 0 Å². The standard InChI is InChI=1S/C8H10FNO2/c9-6-2-1-5(3-4-10)7(11)8(6)12/h1-2,11-12H,3-4,10H2. The highest BCUT2D eigenvalue weighted by atomic mass is 19.1. The molecule has 0 spiro atoms. The van der Waals surface area contributed by atoms with E-state index in [1.165, 1.54) is 6.07 Å². The first-order valence-electron chi connectivity index (χ1n) is 3.56. The van der Waals surface area contributed by atoms with Crippen LogP contribution in [-0.2, 0) is 6.42 Å². The fraction of sp³-hybridized carbons (Fsp3) is 0.250. The van der Waals surface area contributed by atoms with E-state index in [0.29, 0.717) is 18.5 Å². The number of hydrogen-bond acceptors (Lipinski definition) is 3. The Labute approximate surface area is 69.3 Å². The van der Waals surface area contributed by atoms with Gasteiger partial charge < -0.3 is 15.9 Å². The molecule has 66 valence electrons. The molecule has 0 aliphatic rings. The summed E-state index contributed by atoms with van der Waals surface area (Å²) in [4.78, 5) is 0. The molecule has 0 unspecified atom stereocenters. The van der Waals surface area contributed by atoms with Gasteiger partial charge in [0, 0.05) is 0 Å². The second-order valence-electron chi connectivity index (χ2n) is 2.44. The highest BCUT2D eigenvalue weighted by Crippen LogP contribution is 2.31. The summed E-state index contributed by atoms with van der Waals surface area (Å²) in [6.07, 6.45) is 0.416. The molecule has 3 nitrogen and oxygen atoms in total. The third-order valence-electron chi connectivity index (χ3n) is 1.60. The van der Waals surface area contributed by atoms with E-state index in [2.05, 4.69) is 0 Å². The summed E-state index contributed by atoms with van der Waals surface area (Å²) < 4.78 is 12.6. The highest BCUT2D eigenvalue weighted by Gasteiger charge is 2.09. The molecular weight excluding hydrogens is 161 g/mol. The second kappa shape index (κ2) is 3.40. The van der Waals surface area contributed by atoms with Crippen LogP contribution in [0.4, 0.5) is 4.39 Å². The van der Waals surface area contributed by atoms with Crippen LogP contribution in [0.2, 0.25) is 0 Å². The molecule has 0 saturated heterocycles. The number of aromatic hydroxyl groups is 2. The van der Waals surface area contributed by atoms with E-state index in [0.717, 1.165) is 6.07 Å². The first-order valence-corrected chi connectivity index (χ1v) is 3.56. The number of hydrogen-bond donors (Lipinski definition) is 3. The molecule has 1 aromatic carbocycles. The summed E-state index contributed by atoms with van der Waals surface area (Å²) >= 11 is 0. The molecule has 0 heterocycles. The van der Waals surface area contributed by atoms with Crippen LogP contribution in [0.3, 0.4) is 0 Å². The third kappa shape index (κ3) is 1.48. The van der Waals surface area contributed by atoms with Gasteiger partial charge >= 0.3 is 0 Å². The maximum Gasteiger partial charge on any atom is 0.194 e. The van der Waals surface area contributed by atoms with Gasteiger partial charge in [-0.05, 0) is 24.6 Å². The first-order chi connectivity index (χ1) is 5.66. The zero-order valence-electron chi connectivity index (χ0n) is 6.42. The summed E-state index contributed by atoms with van der Waals surface area (Å²) in [6, 6.07) is 2.50. The van der Waals surface area contributed by atoms with Gasteiger partial charge in [0.05, 0.1) is 0 Å². The molecule has 0 aliphatic heterocycles. The van der Waals surface area contributed by atoms with Crippen molar-refractivity contribution in [1.29, 1.82) is 0 Å². The van der Waals surface area contributed by atoms with Crippen molar-refractivity contribution in [2.24, 2.45) is 5.73 Å². The van der Waals surface area contributed by atoms with Crippen LogP contribution in [0.1, 0.15) is 5.56 Å². The Kier molecular flexibility index (Phi) is 2.50. The van der Waals surface area contributed by atoms with E-state index in [1.54, 1.807) is 0 Å². The lowest BCUT2D eigenvalue weighted by Gasteiger charge is -2.04. The topological polar surface area (TPSA) is 66.5 Å². The SMILES string of the molecule is NCCc1ccc(F)c(O)c1O. The highest BCUT2D eigenvalue weighted by molar-refractivity contribution is 5.45. The van der Waals surface area contributed by atoms with Crippen molar-refractivity contribution >= 4 is 0 Å². The number of nitrogens with two attached hydrogens (primary N) is 1. The fourth-order valence-corrected chi connectivity index (χ4v) is 0.954. The Bertz CT molecular complexity index is 289. The average Bonchev–Trinajstić information content (AvgIpc) is 2.07. The van der Waals surface area contributed by atoms with Gasteiger partial charge in [-0.1, -0.05) is 6.07 Å². The van der Waals surface area contributed by atoms with E-state index in [1.807, 2.05) is 0 Å².